The number of nitrogens with two attached hydrogens (primary N) is 1. The fraction of sp³-hybridized carbons (Fsp3) is 0.188. The minimum atomic E-state index is -4.16. The van der Waals surface area contributed by atoms with Crippen LogP contribution in [0.3, 0.4) is 0 Å². The Morgan fingerprint density at radius 2 is 1.93 bits per heavy atom. The molecule has 0 saturated heterocycles. The molecule has 0 bridgehead atoms. The monoisotopic (exact) mass is 445 g/mol. The van der Waals surface area contributed by atoms with Gasteiger partial charge in [0.1, 0.15) is 15.6 Å². The molecule has 0 spiro atoms. The van der Waals surface area contributed by atoms with Crippen LogP contribution in [0.25, 0.3) is 0 Å². The third-order valence-electron chi connectivity index (χ3n) is 3.87. The Bertz CT molecular complexity index is 1120. The molecule has 0 amide bonds. The molecule has 11 heteroatoms. The van der Waals surface area contributed by atoms with E-state index in [0.717, 1.165) is 11.6 Å². The molecule has 0 saturated carbocycles. The highest BCUT2D eigenvalue weighted by Gasteiger charge is 2.29. The zero-order valence-corrected chi connectivity index (χ0v) is 17.3. The van der Waals surface area contributed by atoms with E-state index in [4.69, 9.17) is 16.7 Å². The SMILES string of the molecule is CC(SCC1=NS(=O)(=O)c2cc(S(N)(=O)=O)c(Cl)cc2N1)c1ccccc1. The van der Waals surface area contributed by atoms with Crippen LogP contribution < -0.4 is 10.5 Å². The van der Waals surface area contributed by atoms with E-state index in [2.05, 4.69) is 9.71 Å². The predicted octanol–water partition coefficient (Wildman–Crippen LogP) is 2.99. The molecule has 144 valence electrons. The van der Waals surface area contributed by atoms with Crippen LogP contribution in [0, 0.1) is 0 Å². The van der Waals surface area contributed by atoms with Crippen molar-refractivity contribution in [1.29, 1.82) is 0 Å². The largest absolute Gasteiger partial charge is 0.341 e. The fourth-order valence-corrected chi connectivity index (χ4v) is 5.83. The maximum Gasteiger partial charge on any atom is 0.286 e. The summed E-state index contributed by atoms with van der Waals surface area (Å²) in [5.41, 5.74) is 1.29. The van der Waals surface area contributed by atoms with Crippen LogP contribution in [0.4, 0.5) is 5.69 Å². The first-order valence-corrected chi connectivity index (χ1v) is 12.1. The maximum absolute atomic E-state index is 12.5. The lowest BCUT2D eigenvalue weighted by Crippen LogP contribution is -2.24. The zero-order chi connectivity index (χ0) is 19.8. The number of sulfonamides is 2. The molecule has 0 radical (unpaired) electrons. The van der Waals surface area contributed by atoms with Crippen molar-refractivity contribution in [3.8, 4) is 0 Å². The Balaban J connectivity index is 1.86. The number of anilines is 1. The van der Waals surface area contributed by atoms with E-state index in [0.29, 0.717) is 5.75 Å². The quantitative estimate of drug-likeness (QED) is 0.730. The lowest BCUT2D eigenvalue weighted by atomic mass is 10.2. The van der Waals surface area contributed by atoms with Crippen molar-refractivity contribution in [3.63, 3.8) is 0 Å². The van der Waals surface area contributed by atoms with E-state index in [9.17, 15) is 16.8 Å². The normalized spacial score (nSPS) is 16.8. The number of fused-ring (bicyclic) bond motifs is 1. The van der Waals surface area contributed by atoms with Crippen LogP contribution in [-0.4, -0.2) is 28.4 Å². The standard InChI is InChI=1S/C16H16ClN3O4S3/c1-10(11-5-3-2-4-6-11)25-9-16-19-13-7-12(17)14(26(18,21)22)8-15(13)27(23,24)20-16/h2-8,10H,9H2,1H3,(H,19,20)(H2,18,21,22). The van der Waals surface area contributed by atoms with Gasteiger partial charge in [-0.25, -0.2) is 13.6 Å². The van der Waals surface area contributed by atoms with Gasteiger partial charge in [-0.3, -0.25) is 0 Å². The number of hydrogen-bond acceptors (Lipinski definition) is 6. The van der Waals surface area contributed by atoms with E-state index in [1.165, 1.54) is 17.8 Å². The van der Waals surface area contributed by atoms with Crippen molar-refractivity contribution < 1.29 is 16.8 Å². The molecule has 1 aliphatic rings. The lowest BCUT2D eigenvalue weighted by molar-refractivity contribution is 0.596. The topological polar surface area (TPSA) is 119 Å². The van der Waals surface area contributed by atoms with E-state index in [1.54, 1.807) is 0 Å². The molecular weight excluding hydrogens is 430 g/mol. The van der Waals surface area contributed by atoms with Crippen molar-refractivity contribution >= 4 is 54.9 Å². The van der Waals surface area contributed by atoms with Crippen molar-refractivity contribution in [2.75, 3.05) is 11.1 Å². The highest BCUT2D eigenvalue weighted by molar-refractivity contribution is 8.00. The number of thioether (sulfide) groups is 1. The van der Waals surface area contributed by atoms with Crippen LogP contribution in [0.5, 0.6) is 0 Å². The highest BCUT2D eigenvalue weighted by Crippen LogP contribution is 2.35. The number of hydrogen-bond donors (Lipinski definition) is 2. The van der Waals surface area contributed by atoms with Gasteiger partial charge in [-0.1, -0.05) is 41.9 Å². The summed E-state index contributed by atoms with van der Waals surface area (Å²) in [5.74, 6) is 0.568. The summed E-state index contributed by atoms with van der Waals surface area (Å²) in [7, 11) is -8.23. The molecule has 1 unspecified atom stereocenters. The highest BCUT2D eigenvalue weighted by atomic mass is 35.5. The molecular formula is C16H16ClN3O4S3. The van der Waals surface area contributed by atoms with Crippen molar-refractivity contribution in [3.05, 3.63) is 53.1 Å². The number of primary sulfonamides is 1. The zero-order valence-electron chi connectivity index (χ0n) is 14.1. The molecule has 1 atom stereocenters. The van der Waals surface area contributed by atoms with E-state index < -0.39 is 24.9 Å². The van der Waals surface area contributed by atoms with Gasteiger partial charge in [0.2, 0.25) is 10.0 Å². The van der Waals surface area contributed by atoms with Crippen LogP contribution in [0.15, 0.2) is 56.7 Å². The third-order valence-corrected chi connectivity index (χ3v) is 7.81. The Morgan fingerprint density at radius 1 is 1.26 bits per heavy atom. The molecule has 0 fully saturated rings. The van der Waals surface area contributed by atoms with Gasteiger partial charge in [-0.2, -0.15) is 8.42 Å². The van der Waals surface area contributed by atoms with Gasteiger partial charge in [0.15, 0.2) is 0 Å². The summed E-state index contributed by atoms with van der Waals surface area (Å²) in [6.45, 7) is 2.01. The molecule has 3 N–H and O–H groups in total. The summed E-state index contributed by atoms with van der Waals surface area (Å²) in [5, 5.41) is 7.96. The number of amidine groups is 1. The third kappa shape index (κ3) is 4.46. The van der Waals surface area contributed by atoms with Crippen LogP contribution in [-0.2, 0) is 20.0 Å². The van der Waals surface area contributed by atoms with E-state index >= 15 is 0 Å². The van der Waals surface area contributed by atoms with Gasteiger partial charge in [-0.15, -0.1) is 16.2 Å². The molecule has 7 nitrogen and oxygen atoms in total. The molecule has 1 aliphatic heterocycles. The van der Waals surface area contributed by atoms with Crippen molar-refractivity contribution in [1.82, 2.24) is 0 Å². The first kappa shape index (κ1) is 20.2. The Morgan fingerprint density at radius 3 is 2.56 bits per heavy atom. The van der Waals surface area contributed by atoms with Gasteiger partial charge in [0.05, 0.1) is 16.5 Å². The smallest absolute Gasteiger partial charge is 0.286 e. The number of rotatable bonds is 5. The summed E-state index contributed by atoms with van der Waals surface area (Å²) < 4.78 is 51.8. The van der Waals surface area contributed by atoms with Crippen LogP contribution >= 0.6 is 23.4 Å². The molecule has 0 aliphatic carbocycles. The summed E-state index contributed by atoms with van der Waals surface area (Å²) >= 11 is 7.47. The Kier molecular flexibility index (Phi) is 5.55. The maximum atomic E-state index is 12.5. The molecule has 3 rings (SSSR count). The minimum Gasteiger partial charge on any atom is -0.341 e. The second-order valence-electron chi connectivity index (χ2n) is 5.83. The van der Waals surface area contributed by atoms with Crippen LogP contribution in [0.1, 0.15) is 17.7 Å². The molecule has 2 aromatic rings. The second kappa shape index (κ2) is 7.44. The van der Waals surface area contributed by atoms with Crippen LogP contribution in [0.2, 0.25) is 5.02 Å². The van der Waals surface area contributed by atoms with E-state index in [1.807, 2.05) is 37.3 Å². The summed E-state index contributed by atoms with van der Waals surface area (Å²) in [4.78, 5) is -0.736. The Hall–Kier alpha value is -1.59. The average Bonchev–Trinajstić information content (AvgIpc) is 2.58. The minimum absolute atomic E-state index is 0.133. The predicted molar refractivity (Wildman–Crippen MR) is 108 cm³/mol. The average molecular weight is 446 g/mol. The van der Waals surface area contributed by atoms with Gasteiger partial charge < -0.3 is 5.32 Å². The Labute approximate surface area is 167 Å². The number of nitrogens with zero attached hydrogens (tertiary/aromatic N) is 1. The van der Waals surface area contributed by atoms with Crippen molar-refractivity contribution in [2.45, 2.75) is 22.0 Å². The van der Waals surface area contributed by atoms with Gasteiger partial charge in [-0.05, 0) is 24.6 Å². The summed E-state index contributed by atoms with van der Waals surface area (Å²) in [6.07, 6.45) is 0. The molecule has 27 heavy (non-hydrogen) atoms. The van der Waals surface area contributed by atoms with Gasteiger partial charge >= 0.3 is 0 Å². The molecule has 1 heterocycles. The van der Waals surface area contributed by atoms with E-state index in [-0.39, 0.29) is 26.7 Å². The lowest BCUT2D eigenvalue weighted by Gasteiger charge is -2.20. The fourth-order valence-electron chi connectivity index (χ4n) is 2.52. The second-order valence-corrected chi connectivity index (χ2v) is 10.7. The first-order chi connectivity index (χ1) is 12.6. The number of halogens is 1. The molecule has 0 aromatic heterocycles. The number of benzene rings is 2. The van der Waals surface area contributed by atoms with Crippen molar-refractivity contribution in [2.24, 2.45) is 9.54 Å². The first-order valence-electron chi connectivity index (χ1n) is 7.72. The van der Waals surface area contributed by atoms with Gasteiger partial charge in [0, 0.05) is 5.25 Å². The van der Waals surface area contributed by atoms with Gasteiger partial charge in [0.25, 0.3) is 10.0 Å². The molecule has 2 aromatic carbocycles. The number of nitrogens with one attached hydrogen (secondary N) is 1. The summed E-state index contributed by atoms with van der Waals surface area (Å²) in [6, 6.07) is 12.0.